The van der Waals surface area contributed by atoms with Gasteiger partial charge in [-0.05, 0) is 29.9 Å². The van der Waals surface area contributed by atoms with Crippen molar-refractivity contribution in [3.8, 4) is 0 Å². The lowest BCUT2D eigenvalue weighted by Crippen LogP contribution is -2.42. The highest BCUT2D eigenvalue weighted by atomic mass is 16.1. The molecule has 1 unspecified atom stereocenters. The molecule has 3 rings (SSSR count). The zero-order chi connectivity index (χ0) is 14.2. The third-order valence-electron chi connectivity index (χ3n) is 4.62. The van der Waals surface area contributed by atoms with Crippen LogP contribution >= 0.6 is 0 Å². The molecular weight excluding hydrogens is 248 g/mol. The molecule has 0 saturated heterocycles. The molecule has 2 aromatic rings. The highest BCUT2D eigenvalue weighted by Crippen LogP contribution is 2.37. The fraction of sp³-hybridized carbons (Fsp3) is 0.471. The number of hydrogen-bond donors (Lipinski definition) is 2. The number of aromatic nitrogens is 1. The Balaban J connectivity index is 1.70. The van der Waals surface area contributed by atoms with Crippen molar-refractivity contribution >= 4 is 16.8 Å². The summed E-state index contributed by atoms with van der Waals surface area (Å²) in [6.07, 6.45) is 5.92. The summed E-state index contributed by atoms with van der Waals surface area (Å²) in [6.45, 7) is 4.49. The van der Waals surface area contributed by atoms with Crippen LogP contribution in [0.15, 0.2) is 30.5 Å². The first kappa shape index (κ1) is 13.2. The van der Waals surface area contributed by atoms with E-state index in [2.05, 4.69) is 30.2 Å². The highest BCUT2D eigenvalue weighted by molar-refractivity contribution is 5.88. The first-order chi connectivity index (χ1) is 9.56. The molecule has 1 heterocycles. The number of amides is 1. The van der Waals surface area contributed by atoms with Crippen LogP contribution in [-0.4, -0.2) is 16.9 Å². The molecule has 2 N–H and O–H groups in total. The Morgan fingerprint density at radius 3 is 2.95 bits per heavy atom. The van der Waals surface area contributed by atoms with Gasteiger partial charge < -0.3 is 10.3 Å². The number of benzene rings is 1. The van der Waals surface area contributed by atoms with E-state index in [0.717, 1.165) is 22.9 Å². The average molecular weight is 270 g/mol. The van der Waals surface area contributed by atoms with Crippen molar-refractivity contribution in [2.75, 3.05) is 0 Å². The van der Waals surface area contributed by atoms with Gasteiger partial charge in [-0.2, -0.15) is 0 Å². The lowest BCUT2D eigenvalue weighted by Gasteiger charge is -2.27. The lowest BCUT2D eigenvalue weighted by molar-refractivity contribution is -0.121. The van der Waals surface area contributed by atoms with Crippen LogP contribution in [0.1, 0.15) is 38.7 Å². The number of para-hydroxylation sites is 1. The van der Waals surface area contributed by atoms with Gasteiger partial charge in [0.2, 0.25) is 5.91 Å². The largest absolute Gasteiger partial charge is 0.361 e. The summed E-state index contributed by atoms with van der Waals surface area (Å²) in [5.41, 5.74) is 2.40. The average Bonchev–Trinajstić information content (AvgIpc) is 2.95. The number of H-pyrrole nitrogens is 1. The standard InChI is InChI=1S/C17H22N2O/c1-17(2)9-5-8-15(17)19-16(20)10-12-11-18-14-7-4-3-6-13(12)14/h3-4,6-7,11,15,18H,5,8-10H2,1-2H3,(H,19,20). The molecule has 3 heteroatoms. The molecule has 0 spiro atoms. The van der Waals surface area contributed by atoms with Crippen molar-refractivity contribution in [2.45, 2.75) is 45.6 Å². The Kier molecular flexibility index (Phi) is 3.28. The maximum atomic E-state index is 12.3. The predicted octanol–water partition coefficient (Wildman–Crippen LogP) is 3.41. The second-order valence-electron chi connectivity index (χ2n) is 6.54. The van der Waals surface area contributed by atoms with Crippen molar-refractivity contribution in [3.05, 3.63) is 36.0 Å². The van der Waals surface area contributed by atoms with Crippen molar-refractivity contribution < 1.29 is 4.79 Å². The molecule has 1 saturated carbocycles. The molecule has 0 bridgehead atoms. The van der Waals surface area contributed by atoms with Gasteiger partial charge in [0.25, 0.3) is 0 Å². The van der Waals surface area contributed by atoms with Crippen LogP contribution in [0.5, 0.6) is 0 Å². The van der Waals surface area contributed by atoms with Gasteiger partial charge >= 0.3 is 0 Å². The number of carbonyl (C=O) groups is 1. The van der Waals surface area contributed by atoms with Crippen LogP contribution in [0, 0.1) is 5.41 Å². The fourth-order valence-corrected chi connectivity index (χ4v) is 3.29. The molecule has 20 heavy (non-hydrogen) atoms. The number of carbonyl (C=O) groups excluding carboxylic acids is 1. The molecule has 3 nitrogen and oxygen atoms in total. The predicted molar refractivity (Wildman–Crippen MR) is 81.6 cm³/mol. The molecule has 0 radical (unpaired) electrons. The number of aromatic amines is 1. The van der Waals surface area contributed by atoms with Crippen LogP contribution in [-0.2, 0) is 11.2 Å². The quantitative estimate of drug-likeness (QED) is 0.882. The SMILES string of the molecule is CC1(C)CCCC1NC(=O)Cc1c[nH]c2ccccc12. The van der Waals surface area contributed by atoms with E-state index in [4.69, 9.17) is 0 Å². The van der Waals surface area contributed by atoms with E-state index in [-0.39, 0.29) is 11.3 Å². The maximum absolute atomic E-state index is 12.3. The van der Waals surface area contributed by atoms with Gasteiger partial charge in [-0.1, -0.05) is 38.5 Å². The second-order valence-corrected chi connectivity index (χ2v) is 6.54. The van der Waals surface area contributed by atoms with E-state index in [1.807, 2.05) is 24.4 Å². The van der Waals surface area contributed by atoms with Gasteiger partial charge in [-0.3, -0.25) is 4.79 Å². The topological polar surface area (TPSA) is 44.9 Å². The van der Waals surface area contributed by atoms with Gasteiger partial charge in [-0.15, -0.1) is 0 Å². The fourth-order valence-electron chi connectivity index (χ4n) is 3.29. The number of hydrogen-bond acceptors (Lipinski definition) is 1. The van der Waals surface area contributed by atoms with Gasteiger partial charge in [0, 0.05) is 23.1 Å². The number of rotatable bonds is 3. The molecule has 1 aromatic carbocycles. The summed E-state index contributed by atoms with van der Waals surface area (Å²) in [5.74, 6) is 0.134. The van der Waals surface area contributed by atoms with Crippen molar-refractivity contribution in [1.29, 1.82) is 0 Å². The zero-order valence-electron chi connectivity index (χ0n) is 12.2. The molecule has 1 aliphatic rings. The first-order valence-electron chi connectivity index (χ1n) is 7.41. The molecule has 1 atom stereocenters. The monoisotopic (exact) mass is 270 g/mol. The molecule has 1 amide bonds. The maximum Gasteiger partial charge on any atom is 0.224 e. The van der Waals surface area contributed by atoms with Crippen LogP contribution in [0.25, 0.3) is 10.9 Å². The van der Waals surface area contributed by atoms with E-state index < -0.39 is 0 Å². The Hall–Kier alpha value is -1.77. The minimum Gasteiger partial charge on any atom is -0.361 e. The molecule has 106 valence electrons. The highest BCUT2D eigenvalue weighted by Gasteiger charge is 2.35. The summed E-state index contributed by atoms with van der Waals surface area (Å²) < 4.78 is 0. The normalized spacial score (nSPS) is 21.2. The van der Waals surface area contributed by atoms with E-state index in [1.54, 1.807) is 0 Å². The van der Waals surface area contributed by atoms with E-state index >= 15 is 0 Å². The zero-order valence-corrected chi connectivity index (χ0v) is 12.2. The van der Waals surface area contributed by atoms with E-state index in [9.17, 15) is 4.79 Å². The molecule has 1 fully saturated rings. The molecular formula is C17H22N2O. The van der Waals surface area contributed by atoms with Gasteiger partial charge in [0.15, 0.2) is 0 Å². The minimum absolute atomic E-state index is 0.134. The Morgan fingerprint density at radius 1 is 1.40 bits per heavy atom. The van der Waals surface area contributed by atoms with E-state index in [1.165, 1.54) is 12.8 Å². The van der Waals surface area contributed by atoms with Crippen molar-refractivity contribution in [1.82, 2.24) is 10.3 Å². The van der Waals surface area contributed by atoms with E-state index in [0.29, 0.717) is 12.5 Å². The third-order valence-corrected chi connectivity index (χ3v) is 4.62. The summed E-state index contributed by atoms with van der Waals surface area (Å²) in [7, 11) is 0. The lowest BCUT2D eigenvalue weighted by atomic mass is 9.87. The van der Waals surface area contributed by atoms with Crippen molar-refractivity contribution in [2.24, 2.45) is 5.41 Å². The van der Waals surface area contributed by atoms with Crippen LogP contribution in [0.3, 0.4) is 0 Å². The molecule has 0 aliphatic heterocycles. The Bertz CT molecular complexity index is 627. The van der Waals surface area contributed by atoms with Gasteiger partial charge in [-0.25, -0.2) is 0 Å². The molecule has 1 aliphatic carbocycles. The second kappa shape index (κ2) is 4.97. The number of fused-ring (bicyclic) bond motifs is 1. The van der Waals surface area contributed by atoms with Crippen LogP contribution < -0.4 is 5.32 Å². The summed E-state index contributed by atoms with van der Waals surface area (Å²) in [6, 6.07) is 8.44. The minimum atomic E-state index is 0.134. The summed E-state index contributed by atoms with van der Waals surface area (Å²) in [5, 5.41) is 4.37. The number of nitrogens with one attached hydrogen (secondary N) is 2. The summed E-state index contributed by atoms with van der Waals surface area (Å²) in [4.78, 5) is 15.5. The van der Waals surface area contributed by atoms with Crippen LogP contribution in [0.2, 0.25) is 0 Å². The van der Waals surface area contributed by atoms with Gasteiger partial charge in [0.1, 0.15) is 0 Å². The first-order valence-corrected chi connectivity index (χ1v) is 7.41. The van der Waals surface area contributed by atoms with Gasteiger partial charge in [0.05, 0.1) is 6.42 Å². The Labute approximate surface area is 119 Å². The summed E-state index contributed by atoms with van der Waals surface area (Å²) >= 11 is 0. The smallest absolute Gasteiger partial charge is 0.224 e. The third kappa shape index (κ3) is 2.45. The molecule has 1 aromatic heterocycles. The Morgan fingerprint density at radius 2 is 2.20 bits per heavy atom. The van der Waals surface area contributed by atoms with Crippen molar-refractivity contribution in [3.63, 3.8) is 0 Å². The van der Waals surface area contributed by atoms with Crippen LogP contribution in [0.4, 0.5) is 0 Å².